The van der Waals surface area contributed by atoms with Crippen LogP contribution in [0.4, 0.5) is 10.1 Å². The smallest absolute Gasteiger partial charge is 0.206 e. The first-order chi connectivity index (χ1) is 7.99. The zero-order valence-corrected chi connectivity index (χ0v) is 11.4. The number of nitrogen functional groups attached to an aromatic ring is 1. The van der Waals surface area contributed by atoms with Crippen LogP contribution < -0.4 is 5.73 Å². The van der Waals surface area contributed by atoms with Crippen LogP contribution in [0.25, 0.3) is 0 Å². The van der Waals surface area contributed by atoms with Gasteiger partial charge in [0.15, 0.2) is 0 Å². The third-order valence-electron chi connectivity index (χ3n) is 2.28. The zero-order valence-electron chi connectivity index (χ0n) is 8.96. The van der Waals surface area contributed by atoms with E-state index in [-0.39, 0.29) is 17.0 Å². The highest BCUT2D eigenvalue weighted by Gasteiger charge is 2.18. The van der Waals surface area contributed by atoms with Gasteiger partial charge in [-0.3, -0.25) is 4.79 Å². The van der Waals surface area contributed by atoms with Crippen LogP contribution in [0, 0.1) is 12.7 Å². The molecule has 1 aromatic carbocycles. The maximum atomic E-state index is 13.1. The quantitative estimate of drug-likeness (QED) is 0.677. The van der Waals surface area contributed by atoms with Gasteiger partial charge in [0.2, 0.25) is 5.78 Å². The summed E-state index contributed by atoms with van der Waals surface area (Å²) < 4.78 is 13.8. The molecule has 0 aliphatic rings. The number of aryl methyl sites for hydroxylation is 1. The highest BCUT2D eigenvalue weighted by atomic mass is 79.9. The van der Waals surface area contributed by atoms with Crippen LogP contribution >= 0.6 is 27.3 Å². The molecular weight excluding hydrogens is 305 g/mol. The molecule has 2 N–H and O–H groups in total. The van der Waals surface area contributed by atoms with Gasteiger partial charge in [0.25, 0.3) is 0 Å². The molecule has 1 heterocycles. The third kappa shape index (κ3) is 2.40. The fraction of sp³-hybridized carbons (Fsp3) is 0.0833. The van der Waals surface area contributed by atoms with Crippen molar-refractivity contribution in [3.05, 3.63) is 49.9 Å². The molecular formula is C12H9BrFNOS. The number of halogens is 2. The van der Waals surface area contributed by atoms with Crippen molar-refractivity contribution in [2.24, 2.45) is 0 Å². The fourth-order valence-corrected chi connectivity index (χ4v) is 3.26. The van der Waals surface area contributed by atoms with Crippen molar-refractivity contribution in [3.63, 3.8) is 0 Å². The first kappa shape index (κ1) is 12.3. The number of carbonyl (C=O) groups excluding carboxylic acids is 1. The van der Waals surface area contributed by atoms with Gasteiger partial charge < -0.3 is 5.73 Å². The van der Waals surface area contributed by atoms with Crippen LogP contribution in [0.5, 0.6) is 0 Å². The second kappa shape index (κ2) is 4.58. The van der Waals surface area contributed by atoms with Gasteiger partial charge in [-0.25, -0.2) is 4.39 Å². The molecule has 2 aromatic rings. The molecule has 2 nitrogen and oxygen atoms in total. The number of rotatable bonds is 2. The number of nitrogens with two attached hydrogens (primary N) is 1. The van der Waals surface area contributed by atoms with Crippen LogP contribution in [0.1, 0.15) is 20.1 Å². The minimum absolute atomic E-state index is 0.201. The van der Waals surface area contributed by atoms with E-state index in [9.17, 15) is 9.18 Å². The van der Waals surface area contributed by atoms with Gasteiger partial charge >= 0.3 is 0 Å². The van der Waals surface area contributed by atoms with E-state index >= 15 is 0 Å². The first-order valence-electron chi connectivity index (χ1n) is 4.84. The molecule has 0 amide bonds. The molecule has 1 aromatic heterocycles. The van der Waals surface area contributed by atoms with Crippen molar-refractivity contribution in [2.75, 3.05) is 5.73 Å². The van der Waals surface area contributed by atoms with Crippen LogP contribution in [-0.2, 0) is 0 Å². The summed E-state index contributed by atoms with van der Waals surface area (Å²) in [5.74, 6) is -0.723. The third-order valence-corrected chi connectivity index (χ3v) is 4.21. The molecule has 0 saturated carbocycles. The Morgan fingerprint density at radius 1 is 1.41 bits per heavy atom. The molecule has 0 radical (unpaired) electrons. The van der Waals surface area contributed by atoms with Crippen LogP contribution in [0.2, 0.25) is 0 Å². The molecule has 0 aliphatic heterocycles. The Bertz CT molecular complexity index is 594. The topological polar surface area (TPSA) is 43.1 Å². The lowest BCUT2D eigenvalue weighted by molar-refractivity contribution is 0.104. The van der Waals surface area contributed by atoms with Gasteiger partial charge in [0.1, 0.15) is 5.82 Å². The minimum Gasteiger partial charge on any atom is -0.398 e. The molecule has 2 rings (SSSR count). The monoisotopic (exact) mass is 313 g/mol. The van der Waals surface area contributed by atoms with E-state index in [2.05, 4.69) is 15.9 Å². The summed E-state index contributed by atoms with van der Waals surface area (Å²) in [6.45, 7) is 1.90. The van der Waals surface area contributed by atoms with Gasteiger partial charge in [-0.05, 0) is 47.1 Å². The molecule has 0 spiro atoms. The zero-order chi connectivity index (χ0) is 12.6. The van der Waals surface area contributed by atoms with Gasteiger partial charge in [0, 0.05) is 20.6 Å². The maximum absolute atomic E-state index is 13.1. The highest BCUT2D eigenvalue weighted by molar-refractivity contribution is 9.10. The van der Waals surface area contributed by atoms with Gasteiger partial charge in [-0.1, -0.05) is 0 Å². The Kier molecular flexibility index (Phi) is 3.31. The van der Waals surface area contributed by atoms with E-state index in [0.717, 1.165) is 4.88 Å². The second-order valence-corrected chi connectivity index (χ2v) is 5.71. The normalized spacial score (nSPS) is 10.5. The molecule has 5 heteroatoms. The number of thiophene rings is 1. The van der Waals surface area contributed by atoms with Crippen LogP contribution in [0.15, 0.2) is 28.7 Å². The number of anilines is 1. The van der Waals surface area contributed by atoms with Crippen LogP contribution in [-0.4, -0.2) is 5.78 Å². The minimum atomic E-state index is -0.466. The van der Waals surface area contributed by atoms with Crippen molar-refractivity contribution in [1.29, 1.82) is 0 Å². The van der Waals surface area contributed by atoms with E-state index < -0.39 is 5.82 Å². The highest BCUT2D eigenvalue weighted by Crippen LogP contribution is 2.30. The van der Waals surface area contributed by atoms with Crippen molar-refractivity contribution >= 4 is 38.7 Å². The SMILES string of the molecule is Cc1cc(Br)c(C(=O)c2cc(F)ccc2N)s1. The summed E-state index contributed by atoms with van der Waals surface area (Å²) in [6.07, 6.45) is 0. The number of ketones is 1. The second-order valence-electron chi connectivity index (χ2n) is 3.59. The molecule has 88 valence electrons. The molecule has 0 saturated heterocycles. The number of benzene rings is 1. The standard InChI is InChI=1S/C12H9BrFNOS/c1-6-4-9(13)12(17-6)11(16)8-5-7(14)2-3-10(8)15/h2-5H,15H2,1H3. The van der Waals surface area contributed by atoms with Crippen LogP contribution in [0.3, 0.4) is 0 Å². The van der Waals surface area contributed by atoms with Gasteiger partial charge in [0.05, 0.1) is 4.88 Å². The largest absolute Gasteiger partial charge is 0.398 e. The summed E-state index contributed by atoms with van der Waals surface area (Å²) >= 11 is 4.67. The van der Waals surface area contributed by atoms with E-state index in [0.29, 0.717) is 9.35 Å². The molecule has 0 bridgehead atoms. The number of carbonyl (C=O) groups is 1. The van der Waals surface area contributed by atoms with E-state index in [1.807, 2.05) is 13.0 Å². The Morgan fingerprint density at radius 2 is 2.12 bits per heavy atom. The predicted octanol–water partition coefficient (Wildman–Crippen LogP) is 3.77. The summed E-state index contributed by atoms with van der Waals surface area (Å²) in [4.78, 5) is 13.7. The van der Waals surface area contributed by atoms with E-state index in [4.69, 9.17) is 5.73 Å². The van der Waals surface area contributed by atoms with Crippen molar-refractivity contribution < 1.29 is 9.18 Å². The molecule has 0 atom stereocenters. The van der Waals surface area contributed by atoms with Gasteiger partial charge in [-0.15, -0.1) is 11.3 Å². The lowest BCUT2D eigenvalue weighted by atomic mass is 10.1. The summed E-state index contributed by atoms with van der Waals surface area (Å²) in [7, 11) is 0. The Hall–Kier alpha value is -1.20. The predicted molar refractivity (Wildman–Crippen MR) is 71.0 cm³/mol. The van der Waals surface area contributed by atoms with Crippen molar-refractivity contribution in [1.82, 2.24) is 0 Å². The summed E-state index contributed by atoms with van der Waals surface area (Å²) in [5, 5.41) is 0. The van der Waals surface area contributed by atoms with Crippen molar-refractivity contribution in [2.45, 2.75) is 6.92 Å². The maximum Gasteiger partial charge on any atom is 0.206 e. The average Bonchev–Trinajstić information content (AvgIpc) is 2.60. The summed E-state index contributed by atoms with van der Waals surface area (Å²) in [6, 6.07) is 5.66. The van der Waals surface area contributed by atoms with Crippen molar-refractivity contribution in [3.8, 4) is 0 Å². The molecule has 0 unspecified atom stereocenters. The Morgan fingerprint density at radius 3 is 2.71 bits per heavy atom. The first-order valence-corrected chi connectivity index (χ1v) is 6.45. The Balaban J connectivity index is 2.50. The molecule has 0 fully saturated rings. The fourth-order valence-electron chi connectivity index (χ4n) is 1.49. The lowest BCUT2D eigenvalue weighted by Gasteiger charge is -2.03. The van der Waals surface area contributed by atoms with E-state index in [1.54, 1.807) is 0 Å². The van der Waals surface area contributed by atoms with E-state index in [1.165, 1.54) is 29.5 Å². The average molecular weight is 314 g/mol. The number of hydrogen-bond donors (Lipinski definition) is 1. The summed E-state index contributed by atoms with van der Waals surface area (Å²) in [5.41, 5.74) is 6.17. The Labute approximate surface area is 110 Å². The lowest BCUT2D eigenvalue weighted by Crippen LogP contribution is -2.04. The van der Waals surface area contributed by atoms with Gasteiger partial charge in [-0.2, -0.15) is 0 Å². The number of hydrogen-bond acceptors (Lipinski definition) is 3. The molecule has 17 heavy (non-hydrogen) atoms. The molecule has 0 aliphatic carbocycles.